The van der Waals surface area contributed by atoms with Crippen LogP contribution in [0, 0.1) is 0 Å². The molecule has 3 N–H and O–H groups in total. The van der Waals surface area contributed by atoms with Crippen molar-refractivity contribution >= 4 is 28.4 Å². The second-order valence-corrected chi connectivity index (χ2v) is 6.89. The second kappa shape index (κ2) is 4.44. The van der Waals surface area contributed by atoms with E-state index in [2.05, 4.69) is 0 Å². The molecule has 7 nitrogen and oxygen atoms in total. The minimum Gasteiger partial charge on any atom is -0.465 e. The molecular formula is C12H17N3O4S. The fourth-order valence-corrected chi connectivity index (χ4v) is 4.49. The van der Waals surface area contributed by atoms with Crippen molar-refractivity contribution in [3.8, 4) is 0 Å². The lowest BCUT2D eigenvalue weighted by molar-refractivity contribution is 0.155. The first-order valence-corrected chi connectivity index (χ1v) is 7.77. The zero-order valence-corrected chi connectivity index (χ0v) is 11.8. The molecule has 0 aliphatic carbocycles. The number of rotatable bonds is 1. The highest BCUT2D eigenvalue weighted by Gasteiger charge is 2.44. The van der Waals surface area contributed by atoms with Crippen LogP contribution in [0.5, 0.6) is 0 Å². The molecule has 1 saturated heterocycles. The van der Waals surface area contributed by atoms with Crippen molar-refractivity contribution < 1.29 is 19.0 Å². The van der Waals surface area contributed by atoms with E-state index >= 15 is 0 Å². The standard InChI is InChI=1S/C12H17N3O4S/c1-13-10-4-2-3-5-11(10)15(20(13,18)19)9-6-7-14(8-9)12(16)17/h2-5,9,18-19H,6-8H2,1H3,(H,16,17)/t9-/m1/s1. The topological polar surface area (TPSA) is 87.5 Å². The molecule has 20 heavy (non-hydrogen) atoms. The van der Waals surface area contributed by atoms with Gasteiger partial charge in [0.25, 0.3) is 0 Å². The van der Waals surface area contributed by atoms with Gasteiger partial charge in [-0.05, 0) is 29.5 Å². The summed E-state index contributed by atoms with van der Waals surface area (Å²) in [4.78, 5) is 12.3. The van der Waals surface area contributed by atoms with Crippen LogP contribution in [0.25, 0.3) is 0 Å². The summed E-state index contributed by atoms with van der Waals surface area (Å²) in [5, 5.41) is 9.03. The molecule has 3 rings (SSSR count). The average Bonchev–Trinajstić information content (AvgIpc) is 2.94. The van der Waals surface area contributed by atoms with Gasteiger partial charge in [-0.2, -0.15) is 0 Å². The van der Waals surface area contributed by atoms with Gasteiger partial charge < -0.3 is 10.0 Å². The molecule has 110 valence electrons. The quantitative estimate of drug-likeness (QED) is 0.737. The predicted molar refractivity (Wildman–Crippen MR) is 78.2 cm³/mol. The van der Waals surface area contributed by atoms with Gasteiger partial charge in [0.05, 0.1) is 17.4 Å². The van der Waals surface area contributed by atoms with Crippen LogP contribution in [0.15, 0.2) is 24.3 Å². The molecular weight excluding hydrogens is 282 g/mol. The van der Waals surface area contributed by atoms with Crippen LogP contribution in [0.3, 0.4) is 0 Å². The van der Waals surface area contributed by atoms with Gasteiger partial charge in [0.15, 0.2) is 0 Å². The number of benzene rings is 1. The second-order valence-electron chi connectivity index (χ2n) is 4.97. The molecule has 8 heteroatoms. The molecule has 0 spiro atoms. The summed E-state index contributed by atoms with van der Waals surface area (Å²) in [5.41, 5.74) is 1.49. The minimum absolute atomic E-state index is 0.220. The number of amides is 1. The van der Waals surface area contributed by atoms with Crippen LogP contribution in [0.1, 0.15) is 6.42 Å². The Morgan fingerprint density at radius 2 is 1.95 bits per heavy atom. The van der Waals surface area contributed by atoms with Crippen molar-refractivity contribution in [2.75, 3.05) is 28.7 Å². The summed E-state index contributed by atoms with van der Waals surface area (Å²) in [5.74, 6) is 0. The molecule has 1 atom stereocenters. The molecule has 1 fully saturated rings. The number of nitrogens with zero attached hydrogens (tertiary/aromatic N) is 3. The lowest BCUT2D eigenvalue weighted by atomic mass is 10.2. The van der Waals surface area contributed by atoms with Gasteiger partial charge in [-0.25, -0.2) is 9.10 Å². The smallest absolute Gasteiger partial charge is 0.407 e. The normalized spacial score (nSPS) is 25.8. The molecule has 1 aromatic rings. The molecule has 1 aromatic carbocycles. The summed E-state index contributed by atoms with van der Waals surface area (Å²) < 4.78 is 23.9. The summed E-state index contributed by atoms with van der Waals surface area (Å²) in [6, 6.07) is 7.11. The number of carbonyl (C=O) groups is 1. The fraction of sp³-hybridized carbons (Fsp3) is 0.417. The maximum atomic E-state index is 11.0. The van der Waals surface area contributed by atoms with E-state index in [1.165, 1.54) is 9.21 Å². The van der Waals surface area contributed by atoms with Crippen molar-refractivity contribution in [2.45, 2.75) is 12.5 Å². The van der Waals surface area contributed by atoms with Gasteiger partial charge in [0, 0.05) is 20.1 Å². The summed E-state index contributed by atoms with van der Waals surface area (Å²) in [6.07, 6.45) is -0.380. The Balaban J connectivity index is 1.95. The van der Waals surface area contributed by atoms with Gasteiger partial charge in [-0.1, -0.05) is 12.1 Å². The number of hydrogen-bond donors (Lipinski definition) is 3. The number of para-hydroxylation sites is 2. The molecule has 0 aromatic heterocycles. The third-order valence-corrected chi connectivity index (χ3v) is 5.81. The van der Waals surface area contributed by atoms with Crippen molar-refractivity contribution in [3.63, 3.8) is 0 Å². The third kappa shape index (κ3) is 1.80. The van der Waals surface area contributed by atoms with E-state index < -0.39 is 17.1 Å². The van der Waals surface area contributed by atoms with E-state index in [-0.39, 0.29) is 12.6 Å². The van der Waals surface area contributed by atoms with Gasteiger partial charge in [-0.15, -0.1) is 0 Å². The molecule has 2 heterocycles. The monoisotopic (exact) mass is 299 g/mol. The SMILES string of the molecule is CN1c2ccccc2N([C@@H]2CCN(C(=O)O)C2)S1(O)O. The van der Waals surface area contributed by atoms with Crippen molar-refractivity contribution in [1.82, 2.24) is 4.90 Å². The lowest BCUT2D eigenvalue weighted by Crippen LogP contribution is -2.41. The van der Waals surface area contributed by atoms with E-state index in [0.29, 0.717) is 13.0 Å². The Morgan fingerprint density at radius 1 is 1.30 bits per heavy atom. The highest BCUT2D eigenvalue weighted by Crippen LogP contribution is 2.61. The van der Waals surface area contributed by atoms with Gasteiger partial charge in [0.2, 0.25) is 0 Å². The predicted octanol–water partition coefficient (Wildman–Crippen LogP) is 2.28. The van der Waals surface area contributed by atoms with Gasteiger partial charge in [0.1, 0.15) is 0 Å². The molecule has 2 aliphatic heterocycles. The highest BCUT2D eigenvalue weighted by molar-refractivity contribution is 8.26. The van der Waals surface area contributed by atoms with E-state index in [1.807, 2.05) is 24.3 Å². The highest BCUT2D eigenvalue weighted by atomic mass is 32.3. The number of fused-ring (bicyclic) bond motifs is 1. The van der Waals surface area contributed by atoms with Crippen molar-refractivity contribution in [3.05, 3.63) is 24.3 Å². The van der Waals surface area contributed by atoms with Gasteiger partial charge in [-0.3, -0.25) is 13.4 Å². The Labute approximate surface area is 118 Å². The average molecular weight is 299 g/mol. The van der Waals surface area contributed by atoms with Crippen molar-refractivity contribution in [2.24, 2.45) is 0 Å². The first-order chi connectivity index (χ1) is 9.43. The number of anilines is 2. The summed E-state index contributed by atoms with van der Waals surface area (Å²) in [7, 11) is -1.47. The minimum atomic E-state index is -3.11. The Kier molecular flexibility index (Phi) is 2.96. The number of hydrogen-bond acceptors (Lipinski definition) is 5. The molecule has 0 saturated carbocycles. The molecule has 0 bridgehead atoms. The first-order valence-electron chi connectivity index (χ1n) is 6.31. The van der Waals surface area contributed by atoms with Gasteiger partial charge >= 0.3 is 6.09 Å². The largest absolute Gasteiger partial charge is 0.465 e. The Bertz CT molecular complexity index is 553. The van der Waals surface area contributed by atoms with Crippen LogP contribution in [0.4, 0.5) is 16.2 Å². The first kappa shape index (κ1) is 13.3. The Morgan fingerprint density at radius 3 is 2.55 bits per heavy atom. The van der Waals surface area contributed by atoms with E-state index in [4.69, 9.17) is 5.11 Å². The van der Waals surface area contributed by atoms with Crippen molar-refractivity contribution in [1.29, 1.82) is 0 Å². The summed E-state index contributed by atoms with van der Waals surface area (Å²) in [6.45, 7) is 0.700. The maximum absolute atomic E-state index is 11.0. The number of likely N-dealkylation sites (tertiary alicyclic amines) is 1. The Hall–Kier alpha value is -1.64. The zero-order valence-electron chi connectivity index (χ0n) is 11.0. The maximum Gasteiger partial charge on any atom is 0.407 e. The van der Waals surface area contributed by atoms with Crippen LogP contribution >= 0.6 is 11.0 Å². The zero-order chi connectivity index (χ0) is 14.5. The molecule has 1 amide bonds. The molecule has 2 aliphatic rings. The van der Waals surface area contributed by atoms with Crippen LogP contribution in [-0.4, -0.2) is 51.4 Å². The van der Waals surface area contributed by atoms with E-state index in [1.54, 1.807) is 11.4 Å². The van der Waals surface area contributed by atoms with Crippen LogP contribution < -0.4 is 8.61 Å². The lowest BCUT2D eigenvalue weighted by Gasteiger charge is -2.44. The summed E-state index contributed by atoms with van der Waals surface area (Å²) >= 11 is 0. The van der Waals surface area contributed by atoms with Crippen LogP contribution in [0.2, 0.25) is 0 Å². The molecule has 0 unspecified atom stereocenters. The number of carboxylic acid groups (broad SMARTS) is 1. The van der Waals surface area contributed by atoms with Crippen LogP contribution in [-0.2, 0) is 0 Å². The van der Waals surface area contributed by atoms with E-state index in [9.17, 15) is 13.9 Å². The fourth-order valence-electron chi connectivity index (χ4n) is 2.82. The third-order valence-electron chi connectivity index (χ3n) is 3.86. The molecule has 0 radical (unpaired) electrons. The van der Waals surface area contributed by atoms with E-state index in [0.717, 1.165) is 11.4 Å².